The fourth-order valence-electron chi connectivity index (χ4n) is 2.56. The molecule has 0 unspecified atom stereocenters. The van der Waals surface area contributed by atoms with Crippen molar-refractivity contribution in [2.75, 3.05) is 6.61 Å². The number of carbonyl (C=O) groups is 1. The number of aliphatic hydroxyl groups excluding tert-OH is 1. The van der Waals surface area contributed by atoms with E-state index in [1.54, 1.807) is 6.92 Å². The van der Waals surface area contributed by atoms with E-state index >= 15 is 0 Å². The Balaban J connectivity index is 2.19. The monoisotopic (exact) mass is 298 g/mol. The topological polar surface area (TPSA) is 122 Å². The van der Waals surface area contributed by atoms with E-state index in [-0.39, 0.29) is 18.9 Å². The fraction of sp³-hybridized carbons (Fsp3) is 0.615. The zero-order valence-electron chi connectivity index (χ0n) is 11.6. The normalized spacial score (nSPS) is 25.1. The van der Waals surface area contributed by atoms with Gasteiger partial charge in [-0.05, 0) is 25.7 Å². The molecule has 1 aromatic rings. The van der Waals surface area contributed by atoms with Crippen molar-refractivity contribution >= 4 is 5.97 Å². The van der Waals surface area contributed by atoms with Gasteiger partial charge in [-0.2, -0.15) is 0 Å². The molecule has 21 heavy (non-hydrogen) atoms. The molecule has 3 atom stereocenters. The van der Waals surface area contributed by atoms with Gasteiger partial charge in [-0.1, -0.05) is 0 Å². The van der Waals surface area contributed by atoms with E-state index < -0.39 is 29.6 Å². The Labute approximate surface area is 120 Å². The molecule has 0 aromatic carbocycles. The number of nitrogens with one attached hydrogen (secondary N) is 1. The molecule has 0 bridgehead atoms. The molecule has 116 valence electrons. The third-order valence-electron chi connectivity index (χ3n) is 3.73. The van der Waals surface area contributed by atoms with Crippen LogP contribution in [0.5, 0.6) is 0 Å². The molecule has 0 aliphatic carbocycles. The SMILES string of the molecule is Cc1cn([C@H]2C[C@H](CCC(=O)O)[C@@H](CO)O2)c(=O)[nH]c1=O. The number of H-pyrrole nitrogens is 1. The molecule has 8 nitrogen and oxygen atoms in total. The summed E-state index contributed by atoms with van der Waals surface area (Å²) in [7, 11) is 0. The fourth-order valence-corrected chi connectivity index (χ4v) is 2.56. The van der Waals surface area contributed by atoms with Crippen LogP contribution >= 0.6 is 0 Å². The number of carboxylic acid groups (broad SMARTS) is 1. The summed E-state index contributed by atoms with van der Waals surface area (Å²) in [5.41, 5.74) is -0.644. The maximum Gasteiger partial charge on any atom is 0.330 e. The van der Waals surface area contributed by atoms with Crippen LogP contribution < -0.4 is 11.2 Å². The van der Waals surface area contributed by atoms with Crippen molar-refractivity contribution < 1.29 is 19.7 Å². The number of hydrogen-bond donors (Lipinski definition) is 3. The zero-order chi connectivity index (χ0) is 15.6. The molecular weight excluding hydrogens is 280 g/mol. The molecule has 0 amide bonds. The quantitative estimate of drug-likeness (QED) is 0.680. The second-order valence-corrected chi connectivity index (χ2v) is 5.22. The van der Waals surface area contributed by atoms with Crippen LogP contribution in [-0.4, -0.2) is 38.4 Å². The lowest BCUT2D eigenvalue weighted by Gasteiger charge is -2.15. The Bertz CT molecular complexity index is 634. The van der Waals surface area contributed by atoms with Crippen molar-refractivity contribution in [3.63, 3.8) is 0 Å². The molecule has 1 saturated heterocycles. The van der Waals surface area contributed by atoms with Gasteiger partial charge in [0.2, 0.25) is 0 Å². The summed E-state index contributed by atoms with van der Waals surface area (Å²) in [5.74, 6) is -1.05. The maximum absolute atomic E-state index is 11.8. The van der Waals surface area contributed by atoms with Gasteiger partial charge in [0.05, 0.1) is 12.7 Å². The first-order valence-electron chi connectivity index (χ1n) is 6.72. The van der Waals surface area contributed by atoms with Gasteiger partial charge < -0.3 is 14.9 Å². The number of aromatic amines is 1. The lowest BCUT2D eigenvalue weighted by atomic mass is 9.95. The maximum atomic E-state index is 11.8. The molecule has 8 heteroatoms. The Morgan fingerprint density at radius 1 is 1.52 bits per heavy atom. The van der Waals surface area contributed by atoms with Crippen LogP contribution in [0.25, 0.3) is 0 Å². The third-order valence-corrected chi connectivity index (χ3v) is 3.73. The van der Waals surface area contributed by atoms with Crippen molar-refractivity contribution in [2.24, 2.45) is 5.92 Å². The van der Waals surface area contributed by atoms with Crippen LogP contribution in [0.15, 0.2) is 15.8 Å². The summed E-state index contributed by atoms with van der Waals surface area (Å²) in [4.78, 5) is 36.0. The molecule has 1 aromatic heterocycles. The number of aryl methyl sites for hydroxylation is 1. The molecular formula is C13H18N2O6. The summed E-state index contributed by atoms with van der Waals surface area (Å²) in [5, 5.41) is 18.0. The number of hydrogen-bond acceptors (Lipinski definition) is 5. The first-order valence-corrected chi connectivity index (χ1v) is 6.72. The van der Waals surface area contributed by atoms with E-state index in [0.717, 1.165) is 0 Å². The highest BCUT2D eigenvalue weighted by Crippen LogP contribution is 2.35. The molecule has 1 aliphatic rings. The van der Waals surface area contributed by atoms with Crippen LogP contribution in [-0.2, 0) is 9.53 Å². The minimum atomic E-state index is -0.910. The Kier molecular flexibility index (Phi) is 4.59. The van der Waals surface area contributed by atoms with Crippen LogP contribution in [0.2, 0.25) is 0 Å². The van der Waals surface area contributed by atoms with Gasteiger partial charge in [0, 0.05) is 18.2 Å². The molecule has 0 saturated carbocycles. The Hall–Kier alpha value is -1.93. The van der Waals surface area contributed by atoms with Crippen LogP contribution in [0.1, 0.15) is 31.1 Å². The van der Waals surface area contributed by atoms with Crippen molar-refractivity contribution in [1.82, 2.24) is 9.55 Å². The van der Waals surface area contributed by atoms with Crippen molar-refractivity contribution in [1.29, 1.82) is 0 Å². The first kappa shape index (κ1) is 15.5. The molecule has 2 rings (SSSR count). The highest BCUT2D eigenvalue weighted by atomic mass is 16.5. The van der Waals surface area contributed by atoms with Gasteiger partial charge in [0.1, 0.15) is 6.23 Å². The van der Waals surface area contributed by atoms with Crippen LogP contribution in [0.3, 0.4) is 0 Å². The number of ether oxygens (including phenoxy) is 1. The number of rotatable bonds is 5. The molecule has 0 radical (unpaired) electrons. The molecule has 2 heterocycles. The lowest BCUT2D eigenvalue weighted by Crippen LogP contribution is -2.33. The predicted molar refractivity (Wildman–Crippen MR) is 72.0 cm³/mol. The molecule has 3 N–H and O–H groups in total. The second kappa shape index (κ2) is 6.23. The number of carboxylic acids is 1. The van der Waals surface area contributed by atoms with Gasteiger partial charge in [-0.25, -0.2) is 4.79 Å². The summed E-state index contributed by atoms with van der Waals surface area (Å²) >= 11 is 0. The largest absolute Gasteiger partial charge is 0.481 e. The summed E-state index contributed by atoms with van der Waals surface area (Å²) in [6.45, 7) is 1.34. The van der Waals surface area contributed by atoms with Crippen LogP contribution in [0.4, 0.5) is 0 Å². The average molecular weight is 298 g/mol. The van der Waals surface area contributed by atoms with E-state index in [2.05, 4.69) is 4.98 Å². The average Bonchev–Trinajstić information content (AvgIpc) is 2.83. The van der Waals surface area contributed by atoms with Crippen molar-refractivity contribution in [2.45, 2.75) is 38.5 Å². The van der Waals surface area contributed by atoms with E-state index in [0.29, 0.717) is 18.4 Å². The van der Waals surface area contributed by atoms with Gasteiger partial charge in [0.25, 0.3) is 5.56 Å². The van der Waals surface area contributed by atoms with Crippen molar-refractivity contribution in [3.05, 3.63) is 32.6 Å². The van der Waals surface area contributed by atoms with E-state index in [9.17, 15) is 19.5 Å². The third kappa shape index (κ3) is 3.40. The minimum absolute atomic E-state index is 0.0171. The molecule has 1 fully saturated rings. The number of aliphatic carboxylic acids is 1. The van der Waals surface area contributed by atoms with Gasteiger partial charge >= 0.3 is 11.7 Å². The van der Waals surface area contributed by atoms with E-state index in [1.807, 2.05) is 0 Å². The smallest absolute Gasteiger partial charge is 0.330 e. The highest BCUT2D eigenvalue weighted by molar-refractivity contribution is 5.66. The van der Waals surface area contributed by atoms with Gasteiger partial charge in [-0.15, -0.1) is 0 Å². The number of aromatic nitrogens is 2. The van der Waals surface area contributed by atoms with E-state index in [4.69, 9.17) is 9.84 Å². The molecule has 0 spiro atoms. The zero-order valence-corrected chi connectivity index (χ0v) is 11.6. The van der Waals surface area contributed by atoms with Crippen molar-refractivity contribution in [3.8, 4) is 0 Å². The minimum Gasteiger partial charge on any atom is -0.481 e. The highest BCUT2D eigenvalue weighted by Gasteiger charge is 2.36. The van der Waals surface area contributed by atoms with E-state index in [1.165, 1.54) is 10.8 Å². The summed E-state index contributed by atoms with van der Waals surface area (Å²) < 4.78 is 6.89. The standard InChI is InChI=1S/C13H18N2O6/c1-7-5-15(13(20)14-12(7)19)10-4-8(2-3-11(17)18)9(6-16)21-10/h5,8-10,16H,2-4,6H2,1H3,(H,17,18)(H,14,19,20)/t8-,9+,10+/m0/s1. The van der Waals surface area contributed by atoms with Gasteiger partial charge in [-0.3, -0.25) is 19.1 Å². The summed E-state index contributed by atoms with van der Waals surface area (Å²) in [6.07, 6.45) is 1.08. The van der Waals surface area contributed by atoms with Crippen LogP contribution in [0, 0.1) is 12.8 Å². The summed E-state index contributed by atoms with van der Waals surface area (Å²) in [6, 6.07) is 0. The number of aliphatic hydroxyl groups is 1. The first-order chi connectivity index (χ1) is 9.92. The second-order valence-electron chi connectivity index (χ2n) is 5.22. The Morgan fingerprint density at radius 3 is 2.86 bits per heavy atom. The van der Waals surface area contributed by atoms with Gasteiger partial charge in [0.15, 0.2) is 0 Å². The lowest BCUT2D eigenvalue weighted by molar-refractivity contribution is -0.137. The molecule has 1 aliphatic heterocycles. The number of nitrogens with zero attached hydrogens (tertiary/aromatic N) is 1. The Morgan fingerprint density at radius 2 is 2.24 bits per heavy atom. The predicted octanol–water partition coefficient (Wildman–Crippen LogP) is -0.394.